The van der Waals surface area contributed by atoms with Gasteiger partial charge in [0.15, 0.2) is 0 Å². The molecule has 100 valence electrons. The molecule has 2 aromatic rings. The fourth-order valence-electron chi connectivity index (χ4n) is 1.96. The van der Waals surface area contributed by atoms with Crippen LogP contribution in [0.25, 0.3) is 0 Å². The summed E-state index contributed by atoms with van der Waals surface area (Å²) in [7, 11) is 0. The van der Waals surface area contributed by atoms with Crippen LogP contribution in [-0.4, -0.2) is 11.7 Å². The van der Waals surface area contributed by atoms with Crippen molar-refractivity contribution in [2.24, 2.45) is 0 Å². The van der Waals surface area contributed by atoms with Crippen LogP contribution in [0.5, 0.6) is 0 Å². The Morgan fingerprint density at radius 2 is 1.95 bits per heavy atom. The summed E-state index contributed by atoms with van der Waals surface area (Å²) in [6, 6.07) is 13.5. The van der Waals surface area contributed by atoms with E-state index in [2.05, 4.69) is 30.4 Å². The standard InChI is InChI=1S/C16H18ClNO/c1-11-6-7-12(2)15(8-11)18-10-16(19)13-4-3-5-14(17)9-13/h3-9,16,18-19H,10H2,1-2H3. The van der Waals surface area contributed by atoms with E-state index in [1.807, 2.05) is 19.1 Å². The van der Waals surface area contributed by atoms with Gasteiger partial charge in [0.25, 0.3) is 0 Å². The summed E-state index contributed by atoms with van der Waals surface area (Å²) in [5.41, 5.74) is 4.25. The molecule has 0 aliphatic carbocycles. The van der Waals surface area contributed by atoms with E-state index in [-0.39, 0.29) is 0 Å². The lowest BCUT2D eigenvalue weighted by atomic mass is 10.1. The summed E-state index contributed by atoms with van der Waals surface area (Å²) in [5.74, 6) is 0. The van der Waals surface area contributed by atoms with Crippen LogP contribution in [0.4, 0.5) is 5.69 Å². The Morgan fingerprint density at radius 3 is 2.68 bits per heavy atom. The molecule has 0 fully saturated rings. The van der Waals surface area contributed by atoms with Crippen molar-refractivity contribution in [2.75, 3.05) is 11.9 Å². The van der Waals surface area contributed by atoms with E-state index >= 15 is 0 Å². The summed E-state index contributed by atoms with van der Waals surface area (Å²) in [6.07, 6.45) is -0.571. The van der Waals surface area contributed by atoms with Gasteiger partial charge in [0.05, 0.1) is 6.10 Å². The fraction of sp³-hybridized carbons (Fsp3) is 0.250. The first-order valence-electron chi connectivity index (χ1n) is 6.31. The van der Waals surface area contributed by atoms with Gasteiger partial charge in [0.1, 0.15) is 0 Å². The molecule has 2 nitrogen and oxygen atoms in total. The van der Waals surface area contributed by atoms with E-state index in [9.17, 15) is 5.11 Å². The lowest BCUT2D eigenvalue weighted by Crippen LogP contribution is -2.12. The molecule has 2 aromatic carbocycles. The van der Waals surface area contributed by atoms with Gasteiger partial charge in [0, 0.05) is 17.3 Å². The van der Waals surface area contributed by atoms with Gasteiger partial charge in [-0.05, 0) is 48.7 Å². The summed E-state index contributed by atoms with van der Waals surface area (Å²) in [5, 5.41) is 14.1. The van der Waals surface area contributed by atoms with Crippen molar-refractivity contribution in [3.05, 3.63) is 64.2 Å². The fourth-order valence-corrected chi connectivity index (χ4v) is 2.16. The SMILES string of the molecule is Cc1ccc(C)c(NCC(O)c2cccc(Cl)c2)c1. The average molecular weight is 276 g/mol. The van der Waals surface area contributed by atoms with Crippen molar-refractivity contribution >= 4 is 17.3 Å². The van der Waals surface area contributed by atoms with Crippen LogP contribution >= 0.6 is 11.6 Å². The molecule has 0 heterocycles. The second-order valence-corrected chi connectivity index (χ2v) is 5.21. The molecule has 0 saturated carbocycles. The maximum atomic E-state index is 10.1. The number of nitrogens with one attached hydrogen (secondary N) is 1. The van der Waals surface area contributed by atoms with E-state index in [0.29, 0.717) is 11.6 Å². The molecule has 0 radical (unpaired) electrons. The summed E-state index contributed by atoms with van der Waals surface area (Å²) < 4.78 is 0. The second-order valence-electron chi connectivity index (χ2n) is 4.77. The highest BCUT2D eigenvalue weighted by molar-refractivity contribution is 6.30. The molecule has 1 unspecified atom stereocenters. The molecule has 2 N–H and O–H groups in total. The van der Waals surface area contributed by atoms with Gasteiger partial charge >= 0.3 is 0 Å². The van der Waals surface area contributed by atoms with Crippen LogP contribution in [0.3, 0.4) is 0 Å². The molecule has 0 spiro atoms. The Hall–Kier alpha value is -1.51. The van der Waals surface area contributed by atoms with E-state index < -0.39 is 6.10 Å². The minimum Gasteiger partial charge on any atom is -0.387 e. The van der Waals surface area contributed by atoms with Crippen LogP contribution in [0, 0.1) is 13.8 Å². The highest BCUT2D eigenvalue weighted by atomic mass is 35.5. The number of hydrogen-bond donors (Lipinski definition) is 2. The van der Waals surface area contributed by atoms with Crippen molar-refractivity contribution in [1.29, 1.82) is 0 Å². The van der Waals surface area contributed by atoms with Gasteiger partial charge in [-0.1, -0.05) is 35.9 Å². The van der Waals surface area contributed by atoms with E-state index in [1.54, 1.807) is 12.1 Å². The predicted molar refractivity (Wildman–Crippen MR) is 80.8 cm³/mol. The largest absolute Gasteiger partial charge is 0.387 e. The third-order valence-electron chi connectivity index (χ3n) is 3.11. The van der Waals surface area contributed by atoms with Crippen LogP contribution in [0.1, 0.15) is 22.8 Å². The number of benzene rings is 2. The summed E-state index contributed by atoms with van der Waals surface area (Å²) in [6.45, 7) is 4.57. The number of hydrogen-bond acceptors (Lipinski definition) is 2. The molecule has 19 heavy (non-hydrogen) atoms. The first-order chi connectivity index (χ1) is 9.06. The topological polar surface area (TPSA) is 32.3 Å². The summed E-state index contributed by atoms with van der Waals surface area (Å²) in [4.78, 5) is 0. The first-order valence-corrected chi connectivity index (χ1v) is 6.69. The number of aliphatic hydroxyl groups is 1. The first kappa shape index (κ1) is 13.9. The number of rotatable bonds is 4. The monoisotopic (exact) mass is 275 g/mol. The van der Waals surface area contributed by atoms with Crippen molar-refractivity contribution in [1.82, 2.24) is 0 Å². The molecule has 0 amide bonds. The van der Waals surface area contributed by atoms with Gasteiger partial charge in [-0.2, -0.15) is 0 Å². The van der Waals surface area contributed by atoms with E-state index in [4.69, 9.17) is 11.6 Å². The molecule has 0 aliphatic rings. The highest BCUT2D eigenvalue weighted by Crippen LogP contribution is 2.20. The number of aryl methyl sites for hydroxylation is 2. The van der Waals surface area contributed by atoms with Gasteiger partial charge in [0.2, 0.25) is 0 Å². The molecule has 0 aromatic heterocycles. The maximum absolute atomic E-state index is 10.1. The Labute approximate surface area is 119 Å². The van der Waals surface area contributed by atoms with Gasteiger partial charge < -0.3 is 10.4 Å². The van der Waals surface area contributed by atoms with Crippen LogP contribution < -0.4 is 5.32 Å². The van der Waals surface area contributed by atoms with Crippen LogP contribution in [-0.2, 0) is 0 Å². The van der Waals surface area contributed by atoms with Gasteiger partial charge in [-0.25, -0.2) is 0 Å². The summed E-state index contributed by atoms with van der Waals surface area (Å²) >= 11 is 5.92. The molecular weight excluding hydrogens is 258 g/mol. The van der Waals surface area contributed by atoms with Crippen LogP contribution in [0.15, 0.2) is 42.5 Å². The molecule has 0 bridgehead atoms. The van der Waals surface area contributed by atoms with Crippen molar-refractivity contribution in [3.8, 4) is 0 Å². The minimum absolute atomic E-state index is 0.463. The maximum Gasteiger partial charge on any atom is 0.0962 e. The Morgan fingerprint density at radius 1 is 1.16 bits per heavy atom. The zero-order valence-electron chi connectivity index (χ0n) is 11.2. The van der Waals surface area contributed by atoms with Crippen molar-refractivity contribution < 1.29 is 5.11 Å². The molecule has 3 heteroatoms. The predicted octanol–water partition coefficient (Wildman–Crippen LogP) is 4.10. The van der Waals surface area contributed by atoms with Crippen molar-refractivity contribution in [2.45, 2.75) is 20.0 Å². The lowest BCUT2D eigenvalue weighted by molar-refractivity contribution is 0.191. The van der Waals surface area contributed by atoms with Crippen LogP contribution in [0.2, 0.25) is 5.02 Å². The zero-order valence-corrected chi connectivity index (χ0v) is 11.9. The Balaban J connectivity index is 2.04. The third kappa shape index (κ3) is 3.72. The van der Waals surface area contributed by atoms with E-state index in [0.717, 1.165) is 11.3 Å². The molecule has 0 aliphatic heterocycles. The Bertz CT molecular complexity index is 568. The second kappa shape index (κ2) is 6.09. The number of aliphatic hydroxyl groups excluding tert-OH is 1. The molecule has 2 rings (SSSR count). The third-order valence-corrected chi connectivity index (χ3v) is 3.35. The molecule has 0 saturated heterocycles. The van der Waals surface area contributed by atoms with E-state index in [1.165, 1.54) is 11.1 Å². The molecular formula is C16H18ClNO. The smallest absolute Gasteiger partial charge is 0.0962 e. The Kier molecular flexibility index (Phi) is 4.46. The average Bonchev–Trinajstić information content (AvgIpc) is 2.39. The van der Waals surface area contributed by atoms with Gasteiger partial charge in [-0.3, -0.25) is 0 Å². The number of halogens is 1. The van der Waals surface area contributed by atoms with Gasteiger partial charge in [-0.15, -0.1) is 0 Å². The number of anilines is 1. The zero-order chi connectivity index (χ0) is 13.8. The lowest BCUT2D eigenvalue weighted by Gasteiger charge is -2.15. The van der Waals surface area contributed by atoms with Crippen molar-refractivity contribution in [3.63, 3.8) is 0 Å². The highest BCUT2D eigenvalue weighted by Gasteiger charge is 2.08. The normalized spacial score (nSPS) is 12.2. The quantitative estimate of drug-likeness (QED) is 0.880. The minimum atomic E-state index is -0.571. The molecule has 1 atom stereocenters.